The first-order valence-electron chi connectivity index (χ1n) is 12.9. The van der Waals surface area contributed by atoms with Gasteiger partial charge in [0.05, 0.1) is 26.4 Å². The van der Waals surface area contributed by atoms with Gasteiger partial charge in [0, 0.05) is 25.0 Å². The van der Waals surface area contributed by atoms with Gasteiger partial charge in [0.1, 0.15) is 11.9 Å². The quantitative estimate of drug-likeness (QED) is 0.215. The second-order valence-corrected chi connectivity index (χ2v) is 10.3. The third kappa shape index (κ3) is 18.6. The molecular formula is C26H43O10P. The second kappa shape index (κ2) is 20.7. The van der Waals surface area contributed by atoms with E-state index in [0.717, 1.165) is 50.5 Å². The molecule has 0 aromatic rings. The zero-order chi connectivity index (χ0) is 28.1. The van der Waals surface area contributed by atoms with E-state index in [2.05, 4.69) is 4.74 Å². The Hall–Kier alpha value is -2.29. The van der Waals surface area contributed by atoms with Crippen molar-refractivity contribution in [3.05, 3.63) is 23.3 Å². The average Bonchev–Trinajstić information content (AvgIpc) is 2.74. The van der Waals surface area contributed by atoms with Gasteiger partial charge in [-0.1, -0.05) is 11.1 Å². The lowest BCUT2D eigenvalue weighted by Gasteiger charge is -2.15. The molecule has 0 atom stereocenters. The minimum absolute atomic E-state index is 0.183. The molecule has 0 unspecified atom stereocenters. The van der Waals surface area contributed by atoms with Gasteiger partial charge in [0.25, 0.3) is 0 Å². The number of carboxylic acid groups (broad SMARTS) is 1. The van der Waals surface area contributed by atoms with Crippen LogP contribution in [-0.4, -0.2) is 61.4 Å². The van der Waals surface area contributed by atoms with E-state index in [0.29, 0.717) is 12.4 Å². The monoisotopic (exact) mass is 546 g/mol. The van der Waals surface area contributed by atoms with Gasteiger partial charge in [0.15, 0.2) is 0 Å². The summed E-state index contributed by atoms with van der Waals surface area (Å²) in [5.74, 6) is -1.11. The molecule has 0 heterocycles. The summed E-state index contributed by atoms with van der Waals surface area (Å²) in [6, 6.07) is 0. The molecule has 3 saturated carbocycles. The Balaban J connectivity index is 0.000000492. The van der Waals surface area contributed by atoms with Crippen molar-refractivity contribution >= 4 is 31.3 Å². The molecule has 37 heavy (non-hydrogen) atoms. The molecule has 3 aliphatic carbocycles. The molecule has 0 amide bonds. The van der Waals surface area contributed by atoms with Gasteiger partial charge < -0.3 is 23.6 Å². The summed E-state index contributed by atoms with van der Waals surface area (Å²) in [7, 11) is -3.28. The van der Waals surface area contributed by atoms with Crippen LogP contribution < -0.4 is 0 Å². The number of hydrogen-bond acceptors (Lipinski definition) is 9. The smallest absolute Gasteiger partial charge is 0.341 e. The van der Waals surface area contributed by atoms with Gasteiger partial charge in [-0.3, -0.25) is 14.2 Å². The Kier molecular flexibility index (Phi) is 19.4. The maximum atomic E-state index is 11.8. The van der Waals surface area contributed by atoms with Crippen LogP contribution in [0.4, 0.5) is 0 Å². The van der Waals surface area contributed by atoms with Crippen molar-refractivity contribution in [3.63, 3.8) is 0 Å². The lowest BCUT2D eigenvalue weighted by molar-refractivity contribution is -0.140. The minimum Gasteiger partial charge on any atom is -0.478 e. The largest absolute Gasteiger partial charge is 0.478 e. The number of Topliss-reactive ketones (excluding diaryl/α,β-unsaturated/α-hetero) is 1. The van der Waals surface area contributed by atoms with Gasteiger partial charge in [-0.2, -0.15) is 0 Å². The van der Waals surface area contributed by atoms with E-state index in [1.807, 2.05) is 6.92 Å². The second-order valence-electron chi connectivity index (χ2n) is 8.20. The first kappa shape index (κ1) is 34.7. The summed E-state index contributed by atoms with van der Waals surface area (Å²) in [6.45, 7) is 8.11. The molecule has 3 rings (SSSR count). The van der Waals surface area contributed by atoms with E-state index in [4.69, 9.17) is 18.9 Å². The summed E-state index contributed by atoms with van der Waals surface area (Å²) < 4.78 is 31.0. The highest BCUT2D eigenvalue weighted by atomic mass is 31.2. The van der Waals surface area contributed by atoms with Gasteiger partial charge in [0.2, 0.25) is 0 Å². The highest BCUT2D eigenvalue weighted by Crippen LogP contribution is 2.47. The Morgan fingerprint density at radius 2 is 1.19 bits per heavy atom. The fraction of sp³-hybridized carbons (Fsp3) is 0.692. The number of ketones is 1. The van der Waals surface area contributed by atoms with Crippen molar-refractivity contribution in [1.29, 1.82) is 0 Å². The Morgan fingerprint density at radius 1 is 0.757 bits per heavy atom. The predicted molar refractivity (Wildman–Crippen MR) is 139 cm³/mol. The molecule has 0 saturated heterocycles. The van der Waals surface area contributed by atoms with Crippen molar-refractivity contribution < 1.29 is 47.4 Å². The number of rotatable bonds is 10. The third-order valence-corrected chi connectivity index (χ3v) is 7.07. The van der Waals surface area contributed by atoms with E-state index in [-0.39, 0.29) is 32.0 Å². The predicted octanol–water partition coefficient (Wildman–Crippen LogP) is 5.40. The highest BCUT2D eigenvalue weighted by Gasteiger charge is 2.28. The molecule has 0 radical (unpaired) electrons. The van der Waals surface area contributed by atoms with Crippen LogP contribution in [0, 0.1) is 0 Å². The first-order chi connectivity index (χ1) is 17.6. The third-order valence-electron chi connectivity index (χ3n) is 5.12. The van der Waals surface area contributed by atoms with E-state index in [1.54, 1.807) is 26.8 Å². The van der Waals surface area contributed by atoms with Crippen LogP contribution in [0.5, 0.6) is 0 Å². The fourth-order valence-electron chi connectivity index (χ4n) is 2.78. The lowest BCUT2D eigenvalue weighted by atomic mass is 9.92. The van der Waals surface area contributed by atoms with Crippen LogP contribution in [0.15, 0.2) is 23.3 Å². The Bertz CT molecular complexity index is 803. The van der Waals surface area contributed by atoms with Gasteiger partial charge >= 0.3 is 25.5 Å². The zero-order valence-corrected chi connectivity index (χ0v) is 23.5. The molecule has 0 aromatic heterocycles. The molecule has 0 bridgehead atoms. The molecule has 0 aromatic carbocycles. The number of carboxylic acids is 1. The molecule has 1 N–H and O–H groups in total. The molecular weight excluding hydrogens is 503 g/mol. The minimum atomic E-state index is -3.28. The molecule has 11 heteroatoms. The number of carbonyl (C=O) groups is 4. The summed E-state index contributed by atoms with van der Waals surface area (Å²) in [6.07, 6.45) is 12.0. The van der Waals surface area contributed by atoms with Crippen molar-refractivity contribution in [1.82, 2.24) is 0 Å². The van der Waals surface area contributed by atoms with Crippen LogP contribution in [0.3, 0.4) is 0 Å². The SMILES string of the molecule is CCOC(=O)C=C1CCC1.CCOC(=O)CP(=O)(OCC)OCC.O=C(O)C=C1CCC1.O=C1CCC1. The van der Waals surface area contributed by atoms with E-state index >= 15 is 0 Å². The summed E-state index contributed by atoms with van der Waals surface area (Å²) in [5.41, 5.74) is 2.32. The van der Waals surface area contributed by atoms with Gasteiger partial charge in [-0.15, -0.1) is 0 Å². The Morgan fingerprint density at radius 3 is 1.46 bits per heavy atom. The maximum Gasteiger partial charge on any atom is 0.341 e. The number of esters is 2. The highest BCUT2D eigenvalue weighted by molar-refractivity contribution is 7.54. The van der Waals surface area contributed by atoms with Gasteiger partial charge in [-0.25, -0.2) is 9.59 Å². The summed E-state index contributed by atoms with van der Waals surface area (Å²) in [5, 5.41) is 8.17. The van der Waals surface area contributed by atoms with Crippen molar-refractivity contribution in [3.8, 4) is 0 Å². The standard InChI is InChI=1S/C8H17O5P.C8H12O2.C6H8O2.C4H6O/c1-4-11-8(9)7-14(10,12-5-2)13-6-3;1-2-10-8(9)6-7-4-3-5-7;7-6(8)4-5-2-1-3-5;5-4-2-1-3-4/h4-7H2,1-3H3;6H,2-5H2,1H3;4H,1-3H2,(H,7,8);1-3H2. The van der Waals surface area contributed by atoms with Crippen LogP contribution in [0.2, 0.25) is 0 Å². The number of allylic oxidation sites excluding steroid dienone is 2. The van der Waals surface area contributed by atoms with Crippen LogP contribution in [-0.2, 0) is 42.3 Å². The normalized spacial score (nSPS) is 15.3. The van der Waals surface area contributed by atoms with Gasteiger partial charge in [-0.05, 0) is 72.6 Å². The topological polar surface area (TPSA) is 143 Å². The maximum absolute atomic E-state index is 11.8. The molecule has 3 aliphatic rings. The average molecular weight is 547 g/mol. The number of carbonyl (C=O) groups excluding carboxylic acids is 3. The number of aliphatic carboxylic acids is 1. The van der Waals surface area contributed by atoms with E-state index in [1.165, 1.54) is 24.5 Å². The van der Waals surface area contributed by atoms with Crippen molar-refractivity contribution in [2.24, 2.45) is 0 Å². The van der Waals surface area contributed by atoms with Crippen LogP contribution in [0.25, 0.3) is 0 Å². The molecule has 212 valence electrons. The summed E-state index contributed by atoms with van der Waals surface area (Å²) >= 11 is 0. The molecule has 10 nitrogen and oxygen atoms in total. The fourth-order valence-corrected chi connectivity index (χ4v) is 4.23. The van der Waals surface area contributed by atoms with E-state index in [9.17, 15) is 23.7 Å². The van der Waals surface area contributed by atoms with Crippen molar-refractivity contribution in [2.75, 3.05) is 32.6 Å². The zero-order valence-electron chi connectivity index (χ0n) is 22.6. The number of hydrogen-bond donors (Lipinski definition) is 1. The number of ether oxygens (including phenoxy) is 2. The van der Waals surface area contributed by atoms with E-state index < -0.39 is 19.5 Å². The lowest BCUT2D eigenvalue weighted by Crippen LogP contribution is -2.12. The van der Waals surface area contributed by atoms with Crippen LogP contribution >= 0.6 is 7.60 Å². The van der Waals surface area contributed by atoms with Crippen LogP contribution in [0.1, 0.15) is 85.5 Å². The summed E-state index contributed by atoms with van der Waals surface area (Å²) in [4.78, 5) is 41.6. The van der Waals surface area contributed by atoms with Crippen molar-refractivity contribution in [2.45, 2.75) is 85.5 Å². The molecule has 0 spiro atoms. The molecule has 0 aliphatic heterocycles. The Labute approximate surface area is 220 Å². The first-order valence-corrected chi connectivity index (χ1v) is 14.7. The molecule has 3 fully saturated rings.